The fourth-order valence-electron chi connectivity index (χ4n) is 5.33. The molecule has 1 N–H and O–H groups in total. The Bertz CT molecular complexity index is 1470. The zero-order chi connectivity index (χ0) is 24.9. The first-order valence-corrected chi connectivity index (χ1v) is 12.4. The molecule has 1 unspecified atom stereocenters. The highest BCUT2D eigenvalue weighted by Gasteiger charge is 2.53. The van der Waals surface area contributed by atoms with Crippen molar-refractivity contribution in [1.29, 1.82) is 0 Å². The molecule has 0 amide bonds. The van der Waals surface area contributed by atoms with Gasteiger partial charge in [-0.3, -0.25) is 0 Å². The second-order valence-electron chi connectivity index (χ2n) is 9.27. The third-order valence-corrected chi connectivity index (χ3v) is 7.16. The number of hydrogen-bond donors (Lipinski definition) is 1. The molecule has 1 spiro atoms. The topological polar surface area (TPSA) is 50.8 Å². The van der Waals surface area contributed by atoms with Crippen LogP contribution in [0.15, 0.2) is 84.9 Å². The molecule has 0 fully saturated rings. The number of nitrogens with one attached hydrogen (secondary N) is 1. The number of carbonyl (C=O) groups is 1. The van der Waals surface area contributed by atoms with E-state index in [-0.39, 0.29) is 5.97 Å². The van der Waals surface area contributed by atoms with Gasteiger partial charge < -0.3 is 19.7 Å². The molecule has 4 aromatic carbocycles. The van der Waals surface area contributed by atoms with Gasteiger partial charge in [0, 0.05) is 52.9 Å². The molecule has 5 nitrogen and oxygen atoms in total. The van der Waals surface area contributed by atoms with Crippen molar-refractivity contribution in [3.05, 3.63) is 113 Å². The quantitative estimate of drug-likeness (QED) is 0.310. The van der Waals surface area contributed by atoms with Crippen LogP contribution in [0.5, 0.6) is 11.5 Å². The van der Waals surface area contributed by atoms with Crippen LogP contribution in [-0.2, 0) is 10.3 Å². The molecule has 1 atom stereocenters. The SMILES string of the molecule is CCN(CC)c1ccc2c(c1)Oc1ccc(Nc3ccc(C)cc3)cc1C21OC(=O)c2ccccc21. The average molecular weight is 477 g/mol. The van der Waals surface area contributed by atoms with Crippen LogP contribution in [0.25, 0.3) is 0 Å². The van der Waals surface area contributed by atoms with E-state index in [2.05, 4.69) is 67.4 Å². The summed E-state index contributed by atoms with van der Waals surface area (Å²) in [5, 5.41) is 3.48. The van der Waals surface area contributed by atoms with Gasteiger partial charge in [-0.2, -0.15) is 0 Å². The molecule has 180 valence electrons. The Balaban J connectivity index is 1.54. The zero-order valence-electron chi connectivity index (χ0n) is 20.7. The summed E-state index contributed by atoms with van der Waals surface area (Å²) in [6, 6.07) is 28.1. The average Bonchev–Trinajstić information content (AvgIpc) is 3.19. The summed E-state index contributed by atoms with van der Waals surface area (Å²) < 4.78 is 12.8. The number of aryl methyl sites for hydroxylation is 1. The molecule has 2 aliphatic heterocycles. The van der Waals surface area contributed by atoms with Crippen LogP contribution in [0.2, 0.25) is 0 Å². The van der Waals surface area contributed by atoms with Crippen LogP contribution in [0.4, 0.5) is 17.1 Å². The Labute approximate surface area is 211 Å². The molecular weight excluding hydrogens is 448 g/mol. The number of esters is 1. The monoisotopic (exact) mass is 476 g/mol. The zero-order valence-corrected chi connectivity index (χ0v) is 20.7. The fraction of sp³-hybridized carbons (Fsp3) is 0.194. The minimum absolute atomic E-state index is 0.325. The van der Waals surface area contributed by atoms with Crippen LogP contribution < -0.4 is 15.0 Å². The van der Waals surface area contributed by atoms with Gasteiger partial charge in [0.1, 0.15) is 11.5 Å². The number of ether oxygens (including phenoxy) is 2. The van der Waals surface area contributed by atoms with E-state index in [0.717, 1.165) is 46.8 Å². The van der Waals surface area contributed by atoms with Crippen molar-refractivity contribution in [2.75, 3.05) is 23.3 Å². The summed E-state index contributed by atoms with van der Waals surface area (Å²) in [4.78, 5) is 15.4. The van der Waals surface area contributed by atoms with Gasteiger partial charge in [-0.15, -0.1) is 0 Å². The van der Waals surface area contributed by atoms with Crippen LogP contribution in [-0.4, -0.2) is 19.1 Å². The van der Waals surface area contributed by atoms with Crippen LogP contribution in [0.3, 0.4) is 0 Å². The van der Waals surface area contributed by atoms with Gasteiger partial charge >= 0.3 is 5.97 Å². The molecule has 5 heteroatoms. The third-order valence-electron chi connectivity index (χ3n) is 7.16. The molecular formula is C31H28N2O3. The van der Waals surface area contributed by atoms with Crippen molar-refractivity contribution in [3.8, 4) is 11.5 Å². The summed E-state index contributed by atoms with van der Waals surface area (Å²) in [6.45, 7) is 8.13. The number of rotatable bonds is 5. The second-order valence-corrected chi connectivity index (χ2v) is 9.27. The molecule has 0 aliphatic carbocycles. The Morgan fingerprint density at radius 1 is 0.778 bits per heavy atom. The molecule has 6 rings (SSSR count). The Morgan fingerprint density at radius 3 is 2.31 bits per heavy atom. The lowest BCUT2D eigenvalue weighted by Gasteiger charge is -2.37. The van der Waals surface area contributed by atoms with E-state index in [1.807, 2.05) is 48.5 Å². The molecule has 0 saturated carbocycles. The smallest absolute Gasteiger partial charge is 0.340 e. The molecule has 0 aromatic heterocycles. The number of anilines is 3. The lowest BCUT2D eigenvalue weighted by molar-refractivity contribution is 0.0224. The molecule has 2 heterocycles. The van der Waals surface area contributed by atoms with Gasteiger partial charge in [0.15, 0.2) is 5.60 Å². The van der Waals surface area contributed by atoms with E-state index in [0.29, 0.717) is 17.1 Å². The maximum atomic E-state index is 13.1. The van der Waals surface area contributed by atoms with E-state index >= 15 is 0 Å². The van der Waals surface area contributed by atoms with E-state index in [4.69, 9.17) is 9.47 Å². The van der Waals surface area contributed by atoms with Crippen LogP contribution in [0, 0.1) is 6.92 Å². The summed E-state index contributed by atoms with van der Waals surface area (Å²) in [6.07, 6.45) is 0. The predicted molar refractivity (Wildman–Crippen MR) is 143 cm³/mol. The number of carbonyl (C=O) groups excluding carboxylic acids is 1. The first kappa shape index (κ1) is 22.2. The van der Waals surface area contributed by atoms with Gasteiger partial charge in [0.25, 0.3) is 0 Å². The number of hydrogen-bond acceptors (Lipinski definition) is 5. The molecule has 0 bridgehead atoms. The maximum absolute atomic E-state index is 13.1. The van der Waals surface area contributed by atoms with E-state index in [1.165, 1.54) is 5.56 Å². The summed E-state index contributed by atoms with van der Waals surface area (Å²) >= 11 is 0. The molecule has 0 radical (unpaired) electrons. The van der Waals surface area contributed by atoms with E-state index in [9.17, 15) is 4.79 Å². The first-order valence-electron chi connectivity index (χ1n) is 12.4. The highest BCUT2D eigenvalue weighted by molar-refractivity contribution is 5.97. The molecule has 0 saturated heterocycles. The van der Waals surface area contributed by atoms with Gasteiger partial charge in [-0.25, -0.2) is 4.79 Å². The first-order chi connectivity index (χ1) is 17.5. The minimum Gasteiger partial charge on any atom is -0.456 e. The van der Waals surface area contributed by atoms with Gasteiger partial charge in [0.2, 0.25) is 0 Å². The standard InChI is InChI=1S/C31H28N2O3/c1-4-33(5-2)23-15-16-26-29(19-23)35-28-17-14-22(32-21-12-10-20(3)11-13-21)18-27(28)31(26)25-9-7-6-8-24(25)30(34)36-31/h6-19,32H,4-5H2,1-3H3. The Kier molecular flexibility index (Phi) is 5.22. The third kappa shape index (κ3) is 3.34. The van der Waals surface area contributed by atoms with Crippen LogP contribution >= 0.6 is 0 Å². The largest absolute Gasteiger partial charge is 0.456 e. The van der Waals surface area contributed by atoms with Crippen LogP contribution in [0.1, 0.15) is 46.5 Å². The molecule has 36 heavy (non-hydrogen) atoms. The van der Waals surface area contributed by atoms with Crippen molar-refractivity contribution in [3.63, 3.8) is 0 Å². The maximum Gasteiger partial charge on any atom is 0.340 e. The predicted octanol–water partition coefficient (Wildman–Crippen LogP) is 7.15. The molecule has 2 aliphatic rings. The van der Waals surface area contributed by atoms with E-state index in [1.54, 1.807) is 0 Å². The van der Waals surface area contributed by atoms with Gasteiger partial charge in [-0.05, 0) is 69.3 Å². The highest BCUT2D eigenvalue weighted by atomic mass is 16.6. The minimum atomic E-state index is -1.08. The van der Waals surface area contributed by atoms with Crippen molar-refractivity contribution >= 4 is 23.0 Å². The molecule has 4 aromatic rings. The van der Waals surface area contributed by atoms with Crippen molar-refractivity contribution in [2.45, 2.75) is 26.4 Å². The summed E-state index contributed by atoms with van der Waals surface area (Å²) in [5.41, 5.74) is 6.14. The summed E-state index contributed by atoms with van der Waals surface area (Å²) in [5.74, 6) is 1.06. The highest BCUT2D eigenvalue weighted by Crippen LogP contribution is 2.57. The Hall–Kier alpha value is -4.25. The van der Waals surface area contributed by atoms with E-state index < -0.39 is 5.60 Å². The van der Waals surface area contributed by atoms with Gasteiger partial charge in [0.05, 0.1) is 5.56 Å². The van der Waals surface area contributed by atoms with Crippen molar-refractivity contribution in [2.24, 2.45) is 0 Å². The van der Waals surface area contributed by atoms with Gasteiger partial charge in [-0.1, -0.05) is 35.9 Å². The lowest BCUT2D eigenvalue weighted by Crippen LogP contribution is -2.33. The Morgan fingerprint density at radius 2 is 1.53 bits per heavy atom. The number of benzene rings is 4. The number of nitrogens with zero attached hydrogens (tertiary/aromatic N) is 1. The normalized spacial score (nSPS) is 17.0. The van der Waals surface area contributed by atoms with Crippen molar-refractivity contribution in [1.82, 2.24) is 0 Å². The lowest BCUT2D eigenvalue weighted by atomic mass is 9.77. The second kappa shape index (κ2) is 8.45. The summed E-state index contributed by atoms with van der Waals surface area (Å²) in [7, 11) is 0. The van der Waals surface area contributed by atoms with Crippen molar-refractivity contribution < 1.29 is 14.3 Å². The fourth-order valence-corrected chi connectivity index (χ4v) is 5.33. The number of fused-ring (bicyclic) bond motifs is 6.